The molecule has 1 aliphatic carbocycles. The summed E-state index contributed by atoms with van der Waals surface area (Å²) in [7, 11) is 0. The molecule has 0 spiro atoms. The van der Waals surface area contributed by atoms with Crippen LogP contribution in [0.3, 0.4) is 0 Å². The largest absolute Gasteiger partial charge is 0.462 e. The van der Waals surface area contributed by atoms with Crippen molar-refractivity contribution in [3.05, 3.63) is 90.1 Å². The van der Waals surface area contributed by atoms with Crippen molar-refractivity contribution in [1.29, 1.82) is 0 Å². The van der Waals surface area contributed by atoms with Crippen molar-refractivity contribution in [2.24, 2.45) is 5.92 Å². The highest BCUT2D eigenvalue weighted by Crippen LogP contribution is 2.33. The van der Waals surface area contributed by atoms with Crippen molar-refractivity contribution in [2.75, 3.05) is 26.4 Å². The molecule has 0 amide bonds. The minimum atomic E-state index is -0.807. The molecule has 6 heteroatoms. The molecule has 0 saturated heterocycles. The highest BCUT2D eigenvalue weighted by atomic mass is 16.7. The fourth-order valence-electron chi connectivity index (χ4n) is 4.25. The summed E-state index contributed by atoms with van der Waals surface area (Å²) in [6, 6.07) is 10.2. The van der Waals surface area contributed by atoms with Crippen molar-refractivity contribution in [2.45, 2.75) is 77.9 Å². The predicted octanol–water partition coefficient (Wildman–Crippen LogP) is 7.92. The van der Waals surface area contributed by atoms with E-state index in [1.54, 1.807) is 13.8 Å². The normalized spacial score (nSPS) is 15.9. The minimum Gasteiger partial charge on any atom is -0.462 e. The molecule has 41 heavy (non-hydrogen) atoms. The first-order chi connectivity index (χ1) is 19.7. The quantitative estimate of drug-likeness (QED) is 0.0693. The molecule has 0 heterocycles. The van der Waals surface area contributed by atoms with Gasteiger partial charge in [0.15, 0.2) is 5.79 Å². The number of hydrogen-bond donors (Lipinski definition) is 0. The van der Waals surface area contributed by atoms with Crippen LogP contribution in [0, 0.1) is 5.92 Å². The maximum Gasteiger partial charge on any atom is 0.333 e. The maximum atomic E-state index is 11.5. The molecule has 0 radical (unpaired) electrons. The summed E-state index contributed by atoms with van der Waals surface area (Å²) in [4.78, 5) is 23.0. The van der Waals surface area contributed by atoms with Crippen LogP contribution < -0.4 is 0 Å². The van der Waals surface area contributed by atoms with Gasteiger partial charge in [0, 0.05) is 17.1 Å². The molecule has 0 fully saturated rings. The van der Waals surface area contributed by atoms with E-state index >= 15 is 0 Å². The van der Waals surface area contributed by atoms with E-state index in [0.29, 0.717) is 37.6 Å². The first-order valence-electron chi connectivity index (χ1n) is 14.8. The van der Waals surface area contributed by atoms with Gasteiger partial charge < -0.3 is 18.9 Å². The van der Waals surface area contributed by atoms with Crippen LogP contribution in [-0.2, 0) is 28.5 Å². The van der Waals surface area contributed by atoms with Crippen molar-refractivity contribution < 1.29 is 28.5 Å². The molecule has 0 aliphatic heterocycles. The summed E-state index contributed by atoms with van der Waals surface area (Å²) in [5.41, 5.74) is 3.13. The minimum absolute atomic E-state index is 0.0334. The molecule has 2 rings (SSSR count). The highest BCUT2D eigenvalue weighted by molar-refractivity contribution is 5.87. The van der Waals surface area contributed by atoms with E-state index in [2.05, 4.69) is 62.6 Å². The molecular formula is C35H48O6. The summed E-state index contributed by atoms with van der Waals surface area (Å²) in [5, 5.41) is 0. The van der Waals surface area contributed by atoms with Crippen LogP contribution in [0.4, 0.5) is 0 Å². The number of rotatable bonds is 20. The van der Waals surface area contributed by atoms with Crippen molar-refractivity contribution in [3.63, 3.8) is 0 Å². The summed E-state index contributed by atoms with van der Waals surface area (Å²) in [6.07, 6.45) is 17.9. The van der Waals surface area contributed by atoms with Gasteiger partial charge in [-0.05, 0) is 69.6 Å². The van der Waals surface area contributed by atoms with Gasteiger partial charge >= 0.3 is 11.9 Å². The van der Waals surface area contributed by atoms with E-state index in [1.165, 1.54) is 0 Å². The molecule has 1 aromatic rings. The summed E-state index contributed by atoms with van der Waals surface area (Å²) >= 11 is 0. The Kier molecular flexibility index (Phi) is 15.7. The number of allylic oxidation sites excluding steroid dienone is 3. The van der Waals surface area contributed by atoms with Gasteiger partial charge in [-0.15, -0.1) is 0 Å². The molecule has 1 unspecified atom stereocenters. The number of unbranched alkanes of at least 4 members (excludes halogenated alkanes) is 6. The lowest BCUT2D eigenvalue weighted by Gasteiger charge is -2.37. The SMILES string of the molecule is C=C(C)C(=O)OCCCCCCOC1(OCCCCCCOC(=O)C(=C)C)C=CC(C=Cc2ccccc2)=CC1C. The third-order valence-corrected chi connectivity index (χ3v) is 6.75. The van der Waals surface area contributed by atoms with E-state index in [9.17, 15) is 9.59 Å². The number of ether oxygens (including phenoxy) is 4. The Morgan fingerprint density at radius 2 is 1.24 bits per heavy atom. The Hall–Kier alpha value is -3.22. The van der Waals surface area contributed by atoms with Gasteiger partial charge in [-0.3, -0.25) is 0 Å². The van der Waals surface area contributed by atoms with Gasteiger partial charge in [0.25, 0.3) is 0 Å². The van der Waals surface area contributed by atoms with Gasteiger partial charge in [0.1, 0.15) is 0 Å². The van der Waals surface area contributed by atoms with Crippen LogP contribution in [0.1, 0.15) is 77.7 Å². The van der Waals surface area contributed by atoms with Gasteiger partial charge in [-0.2, -0.15) is 0 Å². The lowest BCUT2D eigenvalue weighted by atomic mass is 9.91. The second-order valence-electron chi connectivity index (χ2n) is 10.6. The number of esters is 2. The van der Waals surface area contributed by atoms with E-state index in [-0.39, 0.29) is 17.9 Å². The second-order valence-corrected chi connectivity index (χ2v) is 10.6. The fraction of sp³-hybridized carbons (Fsp3) is 0.486. The zero-order valence-corrected chi connectivity index (χ0v) is 25.2. The number of carbonyl (C=O) groups excluding carboxylic acids is 2. The molecular weight excluding hydrogens is 516 g/mol. The molecule has 224 valence electrons. The van der Waals surface area contributed by atoms with E-state index in [4.69, 9.17) is 18.9 Å². The fourth-order valence-corrected chi connectivity index (χ4v) is 4.25. The monoisotopic (exact) mass is 564 g/mol. The maximum absolute atomic E-state index is 11.5. The van der Waals surface area contributed by atoms with Gasteiger partial charge in [-0.1, -0.05) is 87.6 Å². The van der Waals surface area contributed by atoms with Gasteiger partial charge in [0.2, 0.25) is 0 Å². The Balaban J connectivity index is 1.83. The first kappa shape index (κ1) is 34.0. The molecule has 0 bridgehead atoms. The summed E-state index contributed by atoms with van der Waals surface area (Å²) in [5.74, 6) is -1.44. The topological polar surface area (TPSA) is 71.1 Å². The van der Waals surface area contributed by atoms with E-state index < -0.39 is 5.79 Å². The smallest absolute Gasteiger partial charge is 0.333 e. The predicted molar refractivity (Wildman–Crippen MR) is 165 cm³/mol. The molecule has 1 aliphatic rings. The molecule has 0 aromatic heterocycles. The Labute approximate surface area is 246 Å². The van der Waals surface area contributed by atoms with E-state index in [0.717, 1.165) is 62.5 Å². The Bertz CT molecular complexity index is 1020. The first-order valence-corrected chi connectivity index (χ1v) is 14.8. The van der Waals surface area contributed by atoms with Crippen molar-refractivity contribution in [1.82, 2.24) is 0 Å². The van der Waals surface area contributed by atoms with Gasteiger partial charge in [0.05, 0.1) is 26.4 Å². The number of carbonyl (C=O) groups is 2. The van der Waals surface area contributed by atoms with Crippen molar-refractivity contribution >= 4 is 18.0 Å². The molecule has 0 N–H and O–H groups in total. The van der Waals surface area contributed by atoms with Crippen LogP contribution in [0.25, 0.3) is 6.08 Å². The van der Waals surface area contributed by atoms with Crippen molar-refractivity contribution in [3.8, 4) is 0 Å². The van der Waals surface area contributed by atoms with Crippen LogP contribution in [-0.4, -0.2) is 44.2 Å². The van der Waals surface area contributed by atoms with Crippen LogP contribution in [0.5, 0.6) is 0 Å². The number of hydrogen-bond acceptors (Lipinski definition) is 6. The zero-order chi connectivity index (χ0) is 29.9. The second kappa shape index (κ2) is 19.0. The third kappa shape index (κ3) is 13.3. The average molecular weight is 565 g/mol. The lowest BCUT2D eigenvalue weighted by Crippen LogP contribution is -2.42. The molecule has 1 atom stereocenters. The van der Waals surface area contributed by atoms with Gasteiger partial charge in [-0.25, -0.2) is 9.59 Å². The molecule has 6 nitrogen and oxygen atoms in total. The summed E-state index contributed by atoms with van der Waals surface area (Å²) in [6.45, 7) is 14.6. The lowest BCUT2D eigenvalue weighted by molar-refractivity contribution is -0.225. The zero-order valence-electron chi connectivity index (χ0n) is 25.2. The standard InChI is InChI=1S/C35H48O6/c1-28(2)33(36)38-23-13-6-8-15-25-40-35(41-26-16-9-7-14-24-39-34(37)29(3)4)22-21-32(27-30(35)5)20-19-31-17-11-10-12-18-31/h10-12,17-22,27,30H,1,3,6-9,13-16,23-26H2,2,4-5H3. The molecule has 0 saturated carbocycles. The molecule has 1 aromatic carbocycles. The number of benzene rings is 1. The Morgan fingerprint density at radius 3 is 1.71 bits per heavy atom. The van der Waals surface area contributed by atoms with E-state index in [1.807, 2.05) is 18.2 Å². The summed E-state index contributed by atoms with van der Waals surface area (Å²) < 4.78 is 23.2. The van der Waals surface area contributed by atoms with Crippen LogP contribution >= 0.6 is 0 Å². The Morgan fingerprint density at radius 1 is 0.756 bits per heavy atom. The third-order valence-electron chi connectivity index (χ3n) is 6.75. The highest BCUT2D eigenvalue weighted by Gasteiger charge is 2.36. The van der Waals surface area contributed by atoms with Crippen LogP contribution in [0.15, 0.2) is 84.5 Å². The van der Waals surface area contributed by atoms with Crippen LogP contribution in [0.2, 0.25) is 0 Å². The average Bonchev–Trinajstić information content (AvgIpc) is 2.96.